The molecule has 5 N–H and O–H groups in total. The van der Waals surface area contributed by atoms with Gasteiger partial charge in [-0.2, -0.15) is 5.10 Å². The Hall–Kier alpha value is -3.06. The monoisotopic (exact) mass is 395 g/mol. The van der Waals surface area contributed by atoms with E-state index < -0.39 is 0 Å². The van der Waals surface area contributed by atoms with Gasteiger partial charge in [0.2, 0.25) is 0 Å². The van der Waals surface area contributed by atoms with Crippen LogP contribution in [0.3, 0.4) is 0 Å². The number of carbonyl (C=O) groups is 1. The molecule has 124 valence electrons. The van der Waals surface area contributed by atoms with Crippen molar-refractivity contribution < 1.29 is 4.79 Å². The molecule has 0 radical (unpaired) electrons. The maximum atomic E-state index is 12.7. The molecule has 0 fully saturated rings. The molecule has 1 amide bonds. The molecule has 1 aliphatic heterocycles. The Bertz CT molecular complexity index is 994. The lowest BCUT2D eigenvalue weighted by Gasteiger charge is -2.14. The number of fused-ring (bicyclic) bond motifs is 1. The lowest BCUT2D eigenvalue weighted by atomic mass is 10.00. The van der Waals surface area contributed by atoms with E-state index in [1.165, 1.54) is 0 Å². The second kappa shape index (κ2) is 6.10. The van der Waals surface area contributed by atoms with E-state index in [-0.39, 0.29) is 5.91 Å². The minimum Gasteiger partial charge on any atom is -0.399 e. The fourth-order valence-electron chi connectivity index (χ4n) is 2.82. The molecule has 6 nitrogen and oxygen atoms in total. The highest BCUT2D eigenvalue weighted by Gasteiger charge is 2.28. The van der Waals surface area contributed by atoms with Crippen molar-refractivity contribution in [1.29, 1.82) is 0 Å². The Labute approximate surface area is 152 Å². The number of nitrogen functional groups attached to an aromatic ring is 1. The van der Waals surface area contributed by atoms with E-state index >= 15 is 0 Å². The van der Waals surface area contributed by atoms with Gasteiger partial charge in [-0.1, -0.05) is 28.1 Å². The van der Waals surface area contributed by atoms with Crippen molar-refractivity contribution in [3.63, 3.8) is 0 Å². The zero-order valence-electron chi connectivity index (χ0n) is 13.0. The number of nitrogens with one attached hydrogen (secondary N) is 3. The van der Waals surface area contributed by atoms with Crippen molar-refractivity contribution in [3.05, 3.63) is 70.5 Å². The van der Waals surface area contributed by atoms with Gasteiger partial charge >= 0.3 is 0 Å². The van der Waals surface area contributed by atoms with Gasteiger partial charge in [-0.3, -0.25) is 9.89 Å². The van der Waals surface area contributed by atoms with Gasteiger partial charge in [-0.05, 0) is 30.3 Å². The number of amides is 1. The molecule has 1 aliphatic rings. The summed E-state index contributed by atoms with van der Waals surface area (Å²) in [6, 6.07) is 13.1. The molecule has 0 saturated carbocycles. The maximum Gasteiger partial charge on any atom is 0.258 e. The number of benzene rings is 2. The zero-order valence-corrected chi connectivity index (χ0v) is 14.6. The highest BCUT2D eigenvalue weighted by atomic mass is 79.9. The molecule has 25 heavy (non-hydrogen) atoms. The van der Waals surface area contributed by atoms with Crippen molar-refractivity contribution in [3.8, 4) is 0 Å². The largest absolute Gasteiger partial charge is 0.399 e. The number of halogens is 1. The number of hydrogen-bond acceptors (Lipinski definition) is 4. The second-order valence-electron chi connectivity index (χ2n) is 5.63. The number of nitrogens with zero attached hydrogens (tertiary/aromatic N) is 1. The van der Waals surface area contributed by atoms with Crippen molar-refractivity contribution in [2.24, 2.45) is 0 Å². The average molecular weight is 396 g/mol. The lowest BCUT2D eigenvalue weighted by molar-refractivity contribution is -0.110. The Morgan fingerprint density at radius 1 is 1.20 bits per heavy atom. The van der Waals surface area contributed by atoms with Gasteiger partial charge in [0.25, 0.3) is 5.91 Å². The average Bonchev–Trinajstić information content (AvgIpc) is 3.20. The van der Waals surface area contributed by atoms with Crippen LogP contribution in [0.25, 0.3) is 11.3 Å². The summed E-state index contributed by atoms with van der Waals surface area (Å²) < 4.78 is 0.899. The Morgan fingerprint density at radius 2 is 2.08 bits per heavy atom. The third-order valence-corrected chi connectivity index (χ3v) is 4.41. The van der Waals surface area contributed by atoms with Gasteiger partial charge in [0.05, 0.1) is 23.2 Å². The van der Waals surface area contributed by atoms with Crippen LogP contribution in [-0.4, -0.2) is 16.1 Å². The summed E-state index contributed by atoms with van der Waals surface area (Å²) in [5.74, 6) is -0.165. The van der Waals surface area contributed by atoms with E-state index in [1.54, 1.807) is 12.4 Å². The molecule has 3 aromatic rings. The number of rotatable bonds is 3. The third kappa shape index (κ3) is 2.89. The molecule has 0 atom stereocenters. The Balaban J connectivity index is 1.95. The summed E-state index contributed by atoms with van der Waals surface area (Å²) in [7, 11) is 0. The minimum absolute atomic E-state index is 0.165. The maximum absolute atomic E-state index is 12.7. The number of H-pyrrole nitrogens is 1. The number of hydrogen-bond donors (Lipinski definition) is 4. The van der Waals surface area contributed by atoms with E-state index in [1.807, 2.05) is 42.5 Å². The van der Waals surface area contributed by atoms with Gasteiger partial charge in [-0.25, -0.2) is 0 Å². The van der Waals surface area contributed by atoms with Crippen LogP contribution >= 0.6 is 15.9 Å². The first-order valence-corrected chi connectivity index (χ1v) is 8.38. The molecule has 2 aromatic carbocycles. The van der Waals surface area contributed by atoms with Gasteiger partial charge in [-0.15, -0.1) is 0 Å². The van der Waals surface area contributed by atoms with Gasteiger partial charge < -0.3 is 16.4 Å². The molecule has 0 spiro atoms. The first-order valence-electron chi connectivity index (χ1n) is 7.59. The SMILES string of the molecule is Nc1cccc(/C(Nc2cn[nH]c2)=C2/C(=O)Nc3ccc(Br)cc32)c1. The van der Waals surface area contributed by atoms with Gasteiger partial charge in [0, 0.05) is 33.2 Å². The predicted octanol–water partition coefficient (Wildman–Crippen LogP) is 3.69. The van der Waals surface area contributed by atoms with Crippen molar-refractivity contribution in [2.45, 2.75) is 0 Å². The summed E-state index contributed by atoms with van der Waals surface area (Å²) in [6.07, 6.45) is 3.38. The molecule has 0 unspecified atom stereocenters. The van der Waals surface area contributed by atoms with Crippen LogP contribution < -0.4 is 16.4 Å². The number of anilines is 3. The predicted molar refractivity (Wildman–Crippen MR) is 103 cm³/mol. The summed E-state index contributed by atoms with van der Waals surface area (Å²) in [5.41, 5.74) is 11.0. The Kier molecular flexibility index (Phi) is 3.77. The van der Waals surface area contributed by atoms with Crippen LogP contribution in [0.5, 0.6) is 0 Å². The molecule has 2 heterocycles. The van der Waals surface area contributed by atoms with E-state index in [0.717, 1.165) is 27.0 Å². The Morgan fingerprint density at radius 3 is 2.84 bits per heavy atom. The summed E-state index contributed by atoms with van der Waals surface area (Å²) in [5, 5.41) is 12.9. The summed E-state index contributed by atoms with van der Waals surface area (Å²) >= 11 is 3.47. The molecule has 1 aromatic heterocycles. The fourth-order valence-corrected chi connectivity index (χ4v) is 3.19. The van der Waals surface area contributed by atoms with Crippen molar-refractivity contribution >= 4 is 50.2 Å². The van der Waals surface area contributed by atoms with Crippen molar-refractivity contribution in [2.75, 3.05) is 16.4 Å². The van der Waals surface area contributed by atoms with Gasteiger partial charge in [0.1, 0.15) is 0 Å². The van der Waals surface area contributed by atoms with Crippen LogP contribution in [0.4, 0.5) is 17.1 Å². The molecule has 4 rings (SSSR count). The van der Waals surface area contributed by atoms with E-state index in [9.17, 15) is 4.79 Å². The summed E-state index contributed by atoms with van der Waals surface area (Å²) in [4.78, 5) is 12.7. The minimum atomic E-state index is -0.165. The van der Waals surface area contributed by atoms with Crippen LogP contribution in [0, 0.1) is 0 Å². The molecular weight excluding hydrogens is 382 g/mol. The molecule has 0 aliphatic carbocycles. The molecule has 0 saturated heterocycles. The third-order valence-electron chi connectivity index (χ3n) is 3.92. The topological polar surface area (TPSA) is 95.8 Å². The highest BCUT2D eigenvalue weighted by molar-refractivity contribution is 9.10. The second-order valence-corrected chi connectivity index (χ2v) is 6.55. The molecule has 0 bridgehead atoms. The first kappa shape index (κ1) is 15.5. The number of aromatic nitrogens is 2. The molecule has 7 heteroatoms. The van der Waals surface area contributed by atoms with Crippen molar-refractivity contribution in [1.82, 2.24) is 10.2 Å². The number of nitrogens with two attached hydrogens (primary N) is 1. The first-order chi connectivity index (χ1) is 12.1. The normalized spacial score (nSPS) is 14.8. The van der Waals surface area contributed by atoms with Crippen LogP contribution in [0.15, 0.2) is 59.3 Å². The lowest BCUT2D eigenvalue weighted by Crippen LogP contribution is -2.10. The van der Waals surface area contributed by atoms with E-state index in [0.29, 0.717) is 17.0 Å². The van der Waals surface area contributed by atoms with Crippen LogP contribution in [0.2, 0.25) is 0 Å². The van der Waals surface area contributed by atoms with E-state index in [2.05, 4.69) is 36.8 Å². The quantitative estimate of drug-likeness (QED) is 0.401. The fraction of sp³-hybridized carbons (Fsp3) is 0. The van der Waals surface area contributed by atoms with Gasteiger partial charge in [0.15, 0.2) is 0 Å². The number of carbonyl (C=O) groups excluding carboxylic acids is 1. The van der Waals surface area contributed by atoms with Crippen LogP contribution in [-0.2, 0) is 4.79 Å². The highest BCUT2D eigenvalue weighted by Crippen LogP contribution is 2.39. The zero-order chi connectivity index (χ0) is 17.4. The standard InChI is InChI=1S/C18H14BrN5O/c19-11-4-5-15-14(7-11)16(18(25)24-15)17(23-13-8-21-22-9-13)10-2-1-3-12(20)6-10/h1-9,23H,20H2,(H,21,22)(H,24,25)/b17-16-. The van der Waals surface area contributed by atoms with E-state index in [4.69, 9.17) is 5.73 Å². The molecular formula is C18H14BrN5O. The number of aromatic amines is 1. The van der Waals surface area contributed by atoms with Crippen LogP contribution in [0.1, 0.15) is 11.1 Å². The smallest absolute Gasteiger partial charge is 0.258 e. The summed E-state index contributed by atoms with van der Waals surface area (Å²) in [6.45, 7) is 0.